The second-order valence-electron chi connectivity index (χ2n) is 8.12. The molecule has 0 saturated carbocycles. The average Bonchev–Trinajstić information content (AvgIpc) is 3.20. The highest BCUT2D eigenvalue weighted by Gasteiger charge is 2.28. The van der Waals surface area contributed by atoms with Gasteiger partial charge in [0.1, 0.15) is 5.75 Å². The van der Waals surface area contributed by atoms with E-state index in [1.807, 2.05) is 31.3 Å². The zero-order chi connectivity index (χ0) is 20.9. The Balaban J connectivity index is 1.44. The minimum atomic E-state index is -0.291. The van der Waals surface area contributed by atoms with Gasteiger partial charge < -0.3 is 20.1 Å². The first-order valence-corrected chi connectivity index (χ1v) is 10.7. The molecule has 7 heteroatoms. The van der Waals surface area contributed by atoms with E-state index in [-0.39, 0.29) is 24.7 Å². The minimum Gasteiger partial charge on any atom is -0.482 e. The minimum absolute atomic E-state index is 0.0198. The molecule has 1 fully saturated rings. The van der Waals surface area contributed by atoms with Crippen LogP contribution in [-0.4, -0.2) is 71.7 Å². The monoisotopic (exact) mass is 410 g/mol. The fourth-order valence-corrected chi connectivity index (χ4v) is 4.26. The van der Waals surface area contributed by atoms with E-state index in [4.69, 9.17) is 4.74 Å². The molecule has 0 aliphatic carbocycles. The third-order valence-corrected chi connectivity index (χ3v) is 6.00. The topological polar surface area (TPSA) is 77.9 Å². The predicted octanol–water partition coefficient (Wildman–Crippen LogP) is 2.08. The van der Waals surface area contributed by atoms with Gasteiger partial charge in [0.2, 0.25) is 0 Å². The lowest BCUT2D eigenvalue weighted by molar-refractivity contribution is -0.134. The summed E-state index contributed by atoms with van der Waals surface area (Å²) >= 11 is 0. The van der Waals surface area contributed by atoms with Gasteiger partial charge in [-0.25, -0.2) is 0 Å². The van der Waals surface area contributed by atoms with Crippen molar-refractivity contribution in [2.24, 2.45) is 0 Å². The summed E-state index contributed by atoms with van der Waals surface area (Å²) in [5.74, 6) is 0.645. The number of pyridine rings is 1. The lowest BCUT2D eigenvalue weighted by atomic mass is 10.0. The molecule has 0 radical (unpaired) electrons. The molecule has 2 aliphatic rings. The van der Waals surface area contributed by atoms with Gasteiger partial charge in [-0.2, -0.15) is 0 Å². The number of carbonyl (C=O) groups excluding carboxylic acids is 1. The first-order valence-electron chi connectivity index (χ1n) is 10.7. The first kappa shape index (κ1) is 20.6. The Morgan fingerprint density at radius 1 is 1.40 bits per heavy atom. The molecule has 1 aromatic heterocycles. The Bertz CT molecular complexity index is 861. The number of nitrogens with zero attached hydrogens (tertiary/aromatic N) is 3. The van der Waals surface area contributed by atoms with Gasteiger partial charge in [-0.1, -0.05) is 18.2 Å². The molecule has 3 heterocycles. The molecule has 1 amide bonds. The number of rotatable bonds is 7. The van der Waals surface area contributed by atoms with Gasteiger partial charge in [-0.15, -0.1) is 0 Å². The summed E-state index contributed by atoms with van der Waals surface area (Å²) in [6.07, 6.45) is 6.15. The number of hydrogen-bond acceptors (Lipinski definition) is 6. The van der Waals surface area contributed by atoms with Crippen LogP contribution in [0.3, 0.4) is 0 Å². The number of anilines is 1. The van der Waals surface area contributed by atoms with Crippen molar-refractivity contribution >= 4 is 11.6 Å². The number of nitrogens with one attached hydrogen (secondary N) is 1. The molecule has 4 rings (SSSR count). The summed E-state index contributed by atoms with van der Waals surface area (Å²) in [5, 5.41) is 13.3. The molecule has 1 saturated heterocycles. The van der Waals surface area contributed by atoms with Crippen molar-refractivity contribution in [3.05, 3.63) is 53.9 Å². The van der Waals surface area contributed by atoms with Crippen molar-refractivity contribution in [3.8, 4) is 5.75 Å². The molecule has 1 unspecified atom stereocenters. The van der Waals surface area contributed by atoms with Crippen molar-refractivity contribution in [1.29, 1.82) is 0 Å². The number of amides is 1. The molecular formula is C23H30N4O3. The number of ether oxygens (including phenoxy) is 1. The number of benzene rings is 1. The first-order chi connectivity index (χ1) is 14.6. The van der Waals surface area contributed by atoms with E-state index < -0.39 is 0 Å². The van der Waals surface area contributed by atoms with E-state index >= 15 is 0 Å². The number of likely N-dealkylation sites (N-methyl/N-ethyl adjacent to an activating group) is 1. The van der Waals surface area contributed by atoms with Crippen LogP contribution < -0.4 is 10.1 Å². The highest BCUT2D eigenvalue weighted by atomic mass is 16.5. The number of aryl methyl sites for hydroxylation is 1. The van der Waals surface area contributed by atoms with Crippen LogP contribution >= 0.6 is 0 Å². The number of aromatic nitrogens is 1. The Morgan fingerprint density at radius 2 is 2.30 bits per heavy atom. The van der Waals surface area contributed by atoms with Crippen molar-refractivity contribution in [3.63, 3.8) is 0 Å². The number of hydrogen-bond donors (Lipinski definition) is 2. The molecule has 7 nitrogen and oxygen atoms in total. The van der Waals surface area contributed by atoms with Crippen molar-refractivity contribution < 1.29 is 14.6 Å². The van der Waals surface area contributed by atoms with Crippen LogP contribution in [-0.2, 0) is 11.2 Å². The van der Waals surface area contributed by atoms with Crippen LogP contribution in [0.2, 0.25) is 0 Å². The van der Waals surface area contributed by atoms with E-state index in [0.29, 0.717) is 13.1 Å². The smallest absolute Gasteiger partial charge is 0.260 e. The molecule has 2 aliphatic heterocycles. The number of aliphatic hydroxyl groups is 1. The number of β-amino-alcohol motifs (C(OH)–C–C–N with tert-alkyl or cyclic N) is 1. The largest absolute Gasteiger partial charge is 0.482 e. The van der Waals surface area contributed by atoms with Gasteiger partial charge in [-0.3, -0.25) is 14.7 Å². The fraction of sp³-hybridized carbons (Fsp3) is 0.478. The number of para-hydroxylation sites is 1. The predicted molar refractivity (Wildman–Crippen MR) is 116 cm³/mol. The number of carbonyl (C=O) groups is 1. The third kappa shape index (κ3) is 4.74. The third-order valence-electron chi connectivity index (χ3n) is 6.00. The maximum Gasteiger partial charge on any atom is 0.260 e. The van der Waals surface area contributed by atoms with Crippen LogP contribution in [0, 0.1) is 0 Å². The Labute approximate surface area is 177 Å². The Morgan fingerprint density at radius 3 is 3.07 bits per heavy atom. The SMILES string of the molecule is CN(C(=O)COc1cccc2c1NCCC2)C(CN1CC[C@H](O)C1)c1cccnc1. The molecule has 2 aromatic rings. The highest BCUT2D eigenvalue weighted by Crippen LogP contribution is 2.32. The quantitative estimate of drug-likeness (QED) is 0.728. The van der Waals surface area contributed by atoms with Crippen LogP contribution in [0.5, 0.6) is 5.75 Å². The lowest BCUT2D eigenvalue weighted by Crippen LogP contribution is -2.41. The standard InChI is InChI=1S/C23H30N4O3/c1-26(20(18-7-3-10-24-13-18)15-27-12-9-19(28)14-27)22(29)16-30-21-8-2-5-17-6-4-11-25-23(17)21/h2-3,5,7-8,10,13,19-20,25,28H,4,6,9,11-12,14-16H2,1H3/t19-,20?/m0/s1. The summed E-state index contributed by atoms with van der Waals surface area (Å²) in [4.78, 5) is 21.2. The molecule has 2 atom stereocenters. The van der Waals surface area contributed by atoms with Gasteiger partial charge >= 0.3 is 0 Å². The van der Waals surface area contributed by atoms with E-state index in [1.54, 1.807) is 17.3 Å². The van der Waals surface area contributed by atoms with Crippen molar-refractivity contribution in [2.75, 3.05) is 45.2 Å². The van der Waals surface area contributed by atoms with Crippen LogP contribution in [0.4, 0.5) is 5.69 Å². The van der Waals surface area contributed by atoms with E-state index in [2.05, 4.69) is 21.3 Å². The van der Waals surface area contributed by atoms with Gasteiger partial charge in [0, 0.05) is 45.6 Å². The molecular weight excluding hydrogens is 380 g/mol. The zero-order valence-corrected chi connectivity index (χ0v) is 17.5. The van der Waals surface area contributed by atoms with Crippen molar-refractivity contribution in [2.45, 2.75) is 31.4 Å². The average molecular weight is 411 g/mol. The van der Waals surface area contributed by atoms with Crippen LogP contribution in [0.25, 0.3) is 0 Å². The molecule has 160 valence electrons. The van der Waals surface area contributed by atoms with Gasteiger partial charge in [0.15, 0.2) is 6.61 Å². The summed E-state index contributed by atoms with van der Waals surface area (Å²) in [5.41, 5.74) is 3.22. The molecule has 2 N–H and O–H groups in total. The van der Waals surface area contributed by atoms with Crippen molar-refractivity contribution in [1.82, 2.24) is 14.8 Å². The fourth-order valence-electron chi connectivity index (χ4n) is 4.26. The molecule has 1 aromatic carbocycles. The van der Waals surface area contributed by atoms with E-state index in [9.17, 15) is 9.90 Å². The highest BCUT2D eigenvalue weighted by molar-refractivity contribution is 5.78. The zero-order valence-electron chi connectivity index (χ0n) is 17.5. The maximum atomic E-state index is 13.0. The molecule has 0 spiro atoms. The summed E-state index contributed by atoms with van der Waals surface area (Å²) < 4.78 is 5.94. The maximum absolute atomic E-state index is 13.0. The molecule has 30 heavy (non-hydrogen) atoms. The summed E-state index contributed by atoms with van der Waals surface area (Å²) in [7, 11) is 1.81. The summed E-state index contributed by atoms with van der Waals surface area (Å²) in [6, 6.07) is 9.72. The van der Waals surface area contributed by atoms with Gasteiger partial charge in [-0.05, 0) is 42.5 Å². The Hall–Kier alpha value is -2.64. The number of likely N-dealkylation sites (tertiary alicyclic amines) is 1. The second-order valence-corrected chi connectivity index (χ2v) is 8.12. The number of fused-ring (bicyclic) bond motifs is 1. The lowest BCUT2D eigenvalue weighted by Gasteiger charge is -2.32. The number of aliphatic hydroxyl groups excluding tert-OH is 1. The van der Waals surface area contributed by atoms with E-state index in [0.717, 1.165) is 49.4 Å². The Kier molecular flexibility index (Phi) is 6.50. The molecule has 0 bridgehead atoms. The summed E-state index contributed by atoms with van der Waals surface area (Å²) in [6.45, 7) is 3.03. The normalized spacial score (nSPS) is 19.6. The van der Waals surface area contributed by atoms with Gasteiger partial charge in [0.25, 0.3) is 5.91 Å². The van der Waals surface area contributed by atoms with E-state index in [1.165, 1.54) is 5.56 Å². The van der Waals surface area contributed by atoms with Crippen LogP contribution in [0.1, 0.15) is 30.0 Å². The second kappa shape index (κ2) is 9.45. The van der Waals surface area contributed by atoms with Gasteiger partial charge in [0.05, 0.1) is 17.8 Å². The van der Waals surface area contributed by atoms with Crippen LogP contribution in [0.15, 0.2) is 42.7 Å².